The van der Waals surface area contributed by atoms with Gasteiger partial charge in [-0.1, -0.05) is 47.0 Å². The fourth-order valence-corrected chi connectivity index (χ4v) is 3.45. The number of benzene rings is 3. The molecular weight excluding hydrogens is 554 g/mol. The van der Waals surface area contributed by atoms with E-state index in [1.54, 1.807) is 30.3 Å². The van der Waals surface area contributed by atoms with Crippen LogP contribution in [0.5, 0.6) is 0 Å². The molecule has 0 bridgehead atoms. The van der Waals surface area contributed by atoms with Crippen molar-refractivity contribution in [3.8, 4) is 0 Å². The summed E-state index contributed by atoms with van der Waals surface area (Å²) in [5, 5.41) is 12.6. The van der Waals surface area contributed by atoms with Gasteiger partial charge in [0.25, 0.3) is 5.91 Å². The zero-order valence-corrected chi connectivity index (χ0v) is 21.5. The molecule has 3 rings (SSSR count). The van der Waals surface area contributed by atoms with Crippen LogP contribution in [0.25, 0.3) is 0 Å². The van der Waals surface area contributed by atoms with Crippen LogP contribution in [-0.4, -0.2) is 41.1 Å². The van der Waals surface area contributed by atoms with Gasteiger partial charge in [-0.2, -0.15) is 0 Å². The number of halogens is 2. The Morgan fingerprint density at radius 3 is 1.72 bits per heavy atom. The van der Waals surface area contributed by atoms with Crippen molar-refractivity contribution < 1.29 is 33.8 Å². The molecule has 2 N–H and O–H groups in total. The predicted octanol–water partition coefficient (Wildman–Crippen LogP) is 5.19. The van der Waals surface area contributed by atoms with Gasteiger partial charge in [0, 0.05) is 10.2 Å². The lowest BCUT2D eigenvalue weighted by atomic mass is 10.1. The zero-order chi connectivity index (χ0) is 26.4. The number of carboxylic acid groups (broad SMARTS) is 1. The number of esters is 2. The van der Waals surface area contributed by atoms with E-state index in [0.29, 0.717) is 4.47 Å². The molecule has 0 unspecified atom stereocenters. The maximum Gasteiger partial charge on any atom is 0.349 e. The third kappa shape index (κ3) is 6.93. The molecule has 8 nitrogen and oxygen atoms in total. The van der Waals surface area contributed by atoms with Gasteiger partial charge in [-0.25, -0.2) is 14.4 Å². The third-order valence-corrected chi connectivity index (χ3v) is 6.24. The molecule has 0 saturated carbocycles. The lowest BCUT2D eigenvalue weighted by molar-refractivity contribution is -0.157. The van der Waals surface area contributed by atoms with Crippen LogP contribution < -0.4 is 5.32 Å². The second kappa shape index (κ2) is 11.8. The number of ether oxygens (including phenoxy) is 2. The summed E-state index contributed by atoms with van der Waals surface area (Å²) < 4.78 is 11.0. The highest BCUT2D eigenvalue weighted by atomic mass is 79.9. The number of hydrogen-bond donors (Lipinski definition) is 2. The summed E-state index contributed by atoms with van der Waals surface area (Å²) >= 11 is 9.30. The summed E-state index contributed by atoms with van der Waals surface area (Å²) in [6.07, 6.45) is -4.16. The number of rotatable bonds is 8. The molecule has 0 fully saturated rings. The smallest absolute Gasteiger partial charge is 0.349 e. The van der Waals surface area contributed by atoms with E-state index in [1.165, 1.54) is 36.4 Å². The second-order valence-electron chi connectivity index (χ2n) is 7.84. The largest absolute Gasteiger partial charge is 0.478 e. The Balaban J connectivity index is 1.92. The molecule has 0 aromatic heterocycles. The molecule has 0 aliphatic rings. The van der Waals surface area contributed by atoms with Gasteiger partial charge in [-0.15, -0.1) is 0 Å². The van der Waals surface area contributed by atoms with Crippen LogP contribution in [0.4, 0.5) is 5.69 Å². The Labute approximate surface area is 220 Å². The zero-order valence-electron chi connectivity index (χ0n) is 19.2. The number of hydrogen-bond acceptors (Lipinski definition) is 6. The fraction of sp³-hybridized carbons (Fsp3) is 0.154. The minimum Gasteiger partial charge on any atom is -0.478 e. The highest BCUT2D eigenvalue weighted by Crippen LogP contribution is 2.26. The molecule has 0 aliphatic carbocycles. The first-order valence-corrected chi connectivity index (χ1v) is 11.8. The predicted molar refractivity (Wildman–Crippen MR) is 136 cm³/mol. The van der Waals surface area contributed by atoms with E-state index in [4.69, 9.17) is 21.1 Å². The summed E-state index contributed by atoms with van der Waals surface area (Å²) in [6.45, 7) is 3.63. The van der Waals surface area contributed by atoms with Crippen molar-refractivity contribution in [2.24, 2.45) is 0 Å². The van der Waals surface area contributed by atoms with Crippen LogP contribution in [0, 0.1) is 13.8 Å². The van der Waals surface area contributed by atoms with E-state index in [0.717, 1.165) is 11.1 Å². The summed E-state index contributed by atoms with van der Waals surface area (Å²) in [4.78, 5) is 50.7. The lowest BCUT2D eigenvalue weighted by Crippen LogP contribution is -2.48. The fourth-order valence-electron chi connectivity index (χ4n) is 3.03. The minimum atomic E-state index is -2.14. The molecule has 2 atom stereocenters. The normalized spacial score (nSPS) is 12.2. The minimum absolute atomic E-state index is 0.0653. The van der Waals surface area contributed by atoms with E-state index >= 15 is 0 Å². The standard InChI is InChI=1S/C26H21BrClNO7/c1-14-3-7-16(8-4-14)25(33)35-21(23(30)29-18-11-12-19(27)20(28)13-18)22(24(31)32)36-26(34)17-9-5-15(2)6-10-17/h3-13,21-22H,1-2H3,(H,29,30)(H,31,32)/t21-,22-/m0/s1. The van der Waals surface area contributed by atoms with Gasteiger partial charge in [-0.3, -0.25) is 4.79 Å². The number of anilines is 1. The molecule has 3 aromatic rings. The molecule has 0 saturated heterocycles. The van der Waals surface area contributed by atoms with Gasteiger partial charge in [0.1, 0.15) is 0 Å². The van der Waals surface area contributed by atoms with Crippen molar-refractivity contribution in [3.05, 3.63) is 98.5 Å². The molecule has 1 amide bonds. The summed E-state index contributed by atoms with van der Waals surface area (Å²) in [5.41, 5.74) is 2.11. The molecule has 36 heavy (non-hydrogen) atoms. The van der Waals surface area contributed by atoms with E-state index < -0.39 is 36.0 Å². The van der Waals surface area contributed by atoms with E-state index in [1.807, 2.05) is 13.8 Å². The van der Waals surface area contributed by atoms with Crippen molar-refractivity contribution in [2.45, 2.75) is 26.1 Å². The first-order valence-electron chi connectivity index (χ1n) is 10.6. The number of carbonyl (C=O) groups excluding carboxylic acids is 3. The Morgan fingerprint density at radius 2 is 1.28 bits per heavy atom. The Hall–Kier alpha value is -3.69. The number of aryl methyl sites for hydroxylation is 2. The maximum atomic E-state index is 13.1. The summed E-state index contributed by atoms with van der Waals surface area (Å²) in [7, 11) is 0. The topological polar surface area (TPSA) is 119 Å². The van der Waals surface area contributed by atoms with Crippen molar-refractivity contribution >= 4 is 57.0 Å². The summed E-state index contributed by atoms with van der Waals surface area (Å²) in [6, 6.07) is 16.9. The van der Waals surface area contributed by atoms with Gasteiger partial charge in [-0.05, 0) is 72.2 Å². The van der Waals surface area contributed by atoms with Gasteiger partial charge >= 0.3 is 17.9 Å². The number of carboxylic acids is 1. The number of nitrogens with one attached hydrogen (secondary N) is 1. The lowest BCUT2D eigenvalue weighted by Gasteiger charge is -2.23. The van der Waals surface area contributed by atoms with Crippen LogP contribution in [0.2, 0.25) is 5.02 Å². The molecular formula is C26H21BrClNO7. The van der Waals surface area contributed by atoms with Crippen LogP contribution in [0.1, 0.15) is 31.8 Å². The second-order valence-corrected chi connectivity index (χ2v) is 9.10. The summed E-state index contributed by atoms with van der Waals surface area (Å²) in [5.74, 6) is -4.68. The average molecular weight is 575 g/mol. The van der Waals surface area contributed by atoms with E-state index in [2.05, 4.69) is 21.2 Å². The van der Waals surface area contributed by atoms with Gasteiger partial charge in [0.15, 0.2) is 0 Å². The molecule has 0 radical (unpaired) electrons. The van der Waals surface area contributed by atoms with Gasteiger partial charge in [0.05, 0.1) is 16.1 Å². The first kappa shape index (κ1) is 26.9. The number of aliphatic carboxylic acids is 1. The first-order chi connectivity index (χ1) is 17.0. The molecule has 0 aliphatic heterocycles. The van der Waals surface area contributed by atoms with E-state index in [9.17, 15) is 24.3 Å². The Bertz CT molecular complexity index is 1290. The highest BCUT2D eigenvalue weighted by Gasteiger charge is 2.41. The maximum absolute atomic E-state index is 13.1. The van der Waals surface area contributed by atoms with Crippen molar-refractivity contribution in [2.75, 3.05) is 5.32 Å². The Morgan fingerprint density at radius 1 is 0.806 bits per heavy atom. The van der Waals surface area contributed by atoms with Gasteiger partial charge < -0.3 is 19.9 Å². The van der Waals surface area contributed by atoms with Crippen LogP contribution in [0.15, 0.2) is 71.2 Å². The van der Waals surface area contributed by atoms with E-state index in [-0.39, 0.29) is 21.8 Å². The number of carbonyl (C=O) groups is 4. The highest BCUT2D eigenvalue weighted by molar-refractivity contribution is 9.10. The quantitative estimate of drug-likeness (QED) is 0.355. The van der Waals surface area contributed by atoms with Crippen molar-refractivity contribution in [1.82, 2.24) is 0 Å². The van der Waals surface area contributed by atoms with Crippen molar-refractivity contribution in [1.29, 1.82) is 0 Å². The monoisotopic (exact) mass is 573 g/mol. The molecule has 186 valence electrons. The average Bonchev–Trinajstić information content (AvgIpc) is 2.84. The molecule has 10 heteroatoms. The van der Waals surface area contributed by atoms with Crippen LogP contribution >= 0.6 is 27.5 Å². The van der Waals surface area contributed by atoms with Crippen molar-refractivity contribution in [3.63, 3.8) is 0 Å². The molecule has 0 heterocycles. The van der Waals surface area contributed by atoms with Crippen LogP contribution in [0.3, 0.4) is 0 Å². The van der Waals surface area contributed by atoms with Crippen LogP contribution in [-0.2, 0) is 19.1 Å². The Kier molecular flexibility index (Phi) is 8.84. The molecule has 3 aromatic carbocycles. The number of amides is 1. The SMILES string of the molecule is Cc1ccc(C(=O)O[C@H](C(=O)O)[C@H](OC(=O)c2ccc(C)cc2)C(=O)Nc2ccc(Br)c(Cl)c2)cc1. The molecule has 0 spiro atoms. The van der Waals surface area contributed by atoms with Gasteiger partial charge in [0.2, 0.25) is 12.2 Å². The third-order valence-electron chi connectivity index (χ3n) is 5.01.